The standard InChI is InChI=1S/C84H125N21O26/c1-43(2)37-60(78(126)94-45(5)71(119)101-61(38-44(3)4)79(127)103-63(40-50-41-93-54-14-9-8-13-51(50)54)80(128)96-53(47(7)107)15-10-32-91-83(86)87)104-81(129)64-17-12-35-105(64)82(130)59(16-11-33-92-84(88)89)95-65(108)42-131-36-34-90-73(121)62(39-48-18-20-49(21-19-48)46(6)106)102-77(125)58(26-31-70(117)118)100-76(124)57(25-30-69(115)116)99-75(123)56(24-29-68(113)114)98-74(122)55(23-28-67(111)112)97-72(120)52(85)22-27-66(109)110/h8-9,13-14,18-21,41,43-45,52-53,55-64,93H,10-12,15-17,22-40,42,85H2,1-7H3,(H,90,121)(H,94,126)(H,95,108)(H,96,128)(H,97,120)(H,98,122)(H,99,123)(H,100,124)(H,101,119)(H,102,125)(H,103,127)(H,104,129)(H,109,110)(H,111,112)(H,113,114)(H,115,116)(H,117,118)(H4,86,87,91)(H4,88,89,92)/t45-,52+,53-,55+,56+,57+,58+,59-,60-,61-,62-,63-,64-/m0/s1. The number of fused-ring (bicyclic) bond motifs is 1. The van der Waals surface area contributed by atoms with Crippen molar-refractivity contribution in [3.63, 3.8) is 0 Å². The van der Waals surface area contributed by atoms with Crippen LogP contribution in [0.3, 0.4) is 0 Å². The lowest BCUT2D eigenvalue weighted by Crippen LogP contribution is -2.59. The minimum atomic E-state index is -1.99. The number of guanidine groups is 2. The molecule has 28 N–H and O–H groups in total. The summed E-state index contributed by atoms with van der Waals surface area (Å²) in [4.78, 5) is 272. The van der Waals surface area contributed by atoms with E-state index in [4.69, 9.17) is 37.9 Å². The van der Waals surface area contributed by atoms with Crippen molar-refractivity contribution < 1.29 is 126 Å². The van der Waals surface area contributed by atoms with Crippen LogP contribution in [0.15, 0.2) is 54.7 Å². The summed E-state index contributed by atoms with van der Waals surface area (Å²) >= 11 is 0. The Labute approximate surface area is 754 Å². The van der Waals surface area contributed by atoms with Crippen LogP contribution >= 0.6 is 0 Å². The first-order valence-corrected chi connectivity index (χ1v) is 42.9. The number of carbonyl (C=O) groups is 20. The molecule has 2 aromatic carbocycles. The predicted octanol–water partition coefficient (Wildman–Crippen LogP) is -3.51. The zero-order chi connectivity index (χ0) is 97.9. The summed E-state index contributed by atoms with van der Waals surface area (Å²) < 4.78 is 5.62. The highest BCUT2D eigenvalue weighted by molar-refractivity contribution is 6.01. The number of carboxylic acids is 5. The second-order valence-electron chi connectivity index (χ2n) is 32.6. The van der Waals surface area contributed by atoms with Gasteiger partial charge in [-0.1, -0.05) is 70.2 Å². The van der Waals surface area contributed by atoms with E-state index in [0.717, 1.165) is 10.9 Å². The van der Waals surface area contributed by atoms with E-state index in [2.05, 4.69) is 79.4 Å². The Balaban J connectivity index is 1.51. The third-order valence-corrected chi connectivity index (χ3v) is 20.8. The Bertz CT molecular complexity index is 4540. The molecule has 131 heavy (non-hydrogen) atoms. The molecular formula is C84H125N21O26. The number of hydrogen-bond donors (Lipinski definition) is 25. The molecule has 722 valence electrons. The number of likely N-dealkylation sites (tertiary alicyclic amines) is 1. The van der Waals surface area contributed by atoms with Crippen molar-refractivity contribution in [2.45, 2.75) is 255 Å². The summed E-state index contributed by atoms with van der Waals surface area (Å²) in [6.07, 6.45) is -5.04. The Morgan fingerprint density at radius 3 is 1.35 bits per heavy atom. The van der Waals surface area contributed by atoms with Crippen LogP contribution in [-0.4, -0.2) is 283 Å². The van der Waals surface area contributed by atoms with Crippen molar-refractivity contribution in [2.75, 3.05) is 39.4 Å². The van der Waals surface area contributed by atoms with E-state index in [1.807, 2.05) is 18.2 Å². The summed E-state index contributed by atoms with van der Waals surface area (Å²) in [5.41, 5.74) is 18.7. The molecule has 1 aliphatic rings. The molecule has 0 radical (unpaired) electrons. The number of rotatable bonds is 61. The van der Waals surface area contributed by atoms with Gasteiger partial charge in [-0.2, -0.15) is 0 Å². The highest BCUT2D eigenvalue weighted by Gasteiger charge is 2.41. The third-order valence-electron chi connectivity index (χ3n) is 20.8. The summed E-state index contributed by atoms with van der Waals surface area (Å²) in [6.45, 7) is 9.81. The first-order valence-electron chi connectivity index (χ1n) is 42.9. The number of aliphatic carboxylic acids is 5. The van der Waals surface area contributed by atoms with Crippen LogP contribution in [0.25, 0.3) is 10.9 Å². The average Bonchev–Trinajstić information content (AvgIpc) is 1.70. The average molecular weight is 1850 g/mol. The molecule has 0 bridgehead atoms. The Morgan fingerprint density at radius 1 is 0.458 bits per heavy atom. The van der Waals surface area contributed by atoms with E-state index in [1.54, 1.807) is 40.0 Å². The highest BCUT2D eigenvalue weighted by atomic mass is 16.5. The molecule has 13 atom stereocenters. The van der Waals surface area contributed by atoms with Crippen LogP contribution in [0.1, 0.15) is 186 Å². The van der Waals surface area contributed by atoms with Gasteiger partial charge in [-0.3, -0.25) is 107 Å². The number of aromatic nitrogens is 1. The third kappa shape index (κ3) is 40.6. The molecular weight excluding hydrogens is 1720 g/mol. The normalized spacial score (nSPS) is 15.0. The first-order chi connectivity index (χ1) is 61.7. The number of carbonyl (C=O) groups excluding carboxylic acids is 15. The molecule has 0 spiro atoms. The quantitative estimate of drug-likeness (QED) is 0.0113. The fourth-order valence-corrected chi connectivity index (χ4v) is 13.8. The van der Waals surface area contributed by atoms with Crippen LogP contribution in [0, 0.1) is 22.7 Å². The number of nitrogens with two attached hydrogens (primary N) is 3. The first kappa shape index (κ1) is 110. The van der Waals surface area contributed by atoms with E-state index < -0.39 is 275 Å². The predicted molar refractivity (Wildman–Crippen MR) is 468 cm³/mol. The molecule has 4 rings (SSSR count). The van der Waals surface area contributed by atoms with Gasteiger partial charge in [0.05, 0.1) is 18.7 Å². The number of H-pyrrole nitrogens is 1. The minimum absolute atomic E-state index is 0.0110. The van der Waals surface area contributed by atoms with Crippen LogP contribution in [0.4, 0.5) is 0 Å². The maximum atomic E-state index is 14.7. The Kier molecular flexibility index (Phi) is 46.7. The minimum Gasteiger partial charge on any atom is -0.481 e. The van der Waals surface area contributed by atoms with Crippen molar-refractivity contribution in [1.29, 1.82) is 10.8 Å². The summed E-state index contributed by atoms with van der Waals surface area (Å²) in [7, 11) is 0. The molecule has 0 aliphatic carbocycles. The summed E-state index contributed by atoms with van der Waals surface area (Å²) in [6, 6.07) is -6.57. The molecule has 0 unspecified atom stereocenters. The number of para-hydroxylation sites is 1. The molecule has 1 fully saturated rings. The van der Waals surface area contributed by atoms with Crippen LogP contribution in [0.5, 0.6) is 0 Å². The SMILES string of the molecule is CC(=O)c1ccc(C[C@H](NC(=O)[C@@H](CCC(=O)O)NC(=O)[C@@H](CCC(=O)O)NC(=O)[C@@H](CCC(=O)O)NC(=O)[C@@H](CCC(=O)O)NC(=O)[C@H](N)CCC(=O)O)C(=O)NCCOCC(=O)N[C@@H](CCCNC(=N)N)C(=O)N2CCC[C@H]2C(=O)N[C@@H](CC(C)C)C(=O)N[C@@H](C)C(=O)N[C@@H](CC(C)C)C(=O)N[C@@H](Cc2c[nH]c3ccccc23)C(=O)N[C@@H](CCCNC(=N)N)C(C)=O)cc1. The smallest absolute Gasteiger partial charge is 0.303 e. The largest absolute Gasteiger partial charge is 0.481 e. The maximum absolute atomic E-state index is 14.7. The number of nitrogens with one attached hydrogen (secondary N) is 17. The van der Waals surface area contributed by atoms with Crippen molar-refractivity contribution in [3.05, 3.63) is 71.4 Å². The van der Waals surface area contributed by atoms with E-state index in [0.29, 0.717) is 24.0 Å². The molecule has 1 aliphatic heterocycles. The summed E-state index contributed by atoms with van der Waals surface area (Å²) in [5.74, 6) is -22.0. The van der Waals surface area contributed by atoms with Crippen molar-refractivity contribution in [3.8, 4) is 0 Å². The number of amides is 13. The van der Waals surface area contributed by atoms with Gasteiger partial charge in [0, 0.05) is 93.8 Å². The molecule has 47 heteroatoms. The second kappa shape index (κ2) is 55.9. The fourth-order valence-electron chi connectivity index (χ4n) is 13.8. The molecule has 0 saturated carbocycles. The topological polar surface area (TPSA) is 765 Å². The molecule has 13 amide bonds. The van der Waals surface area contributed by atoms with Gasteiger partial charge in [-0.25, -0.2) is 0 Å². The van der Waals surface area contributed by atoms with E-state index in [-0.39, 0.29) is 106 Å². The lowest BCUT2D eigenvalue weighted by Gasteiger charge is -2.30. The lowest BCUT2D eigenvalue weighted by molar-refractivity contribution is -0.143. The second-order valence-corrected chi connectivity index (χ2v) is 32.6. The highest BCUT2D eigenvalue weighted by Crippen LogP contribution is 2.23. The van der Waals surface area contributed by atoms with E-state index in [9.17, 15) is 116 Å². The number of ketones is 2. The van der Waals surface area contributed by atoms with Gasteiger partial charge in [0.25, 0.3) is 0 Å². The maximum Gasteiger partial charge on any atom is 0.303 e. The van der Waals surface area contributed by atoms with E-state index >= 15 is 0 Å². The van der Waals surface area contributed by atoms with Gasteiger partial charge >= 0.3 is 29.8 Å². The number of nitrogens with zero attached hydrogens (tertiary/aromatic N) is 1. The van der Waals surface area contributed by atoms with Crippen LogP contribution in [0.2, 0.25) is 0 Å². The fraction of sp³-hybridized carbons (Fsp3) is 0.571. The number of hydrogen-bond acceptors (Lipinski definition) is 24. The molecule has 1 saturated heterocycles. The van der Waals surface area contributed by atoms with Gasteiger partial charge < -0.3 is 132 Å². The lowest BCUT2D eigenvalue weighted by atomic mass is 9.99. The Hall–Kier alpha value is -13.8. The van der Waals surface area contributed by atoms with Crippen molar-refractivity contribution in [2.24, 2.45) is 29.0 Å². The summed E-state index contributed by atoms with van der Waals surface area (Å²) in [5, 5.41) is 98.6. The van der Waals surface area contributed by atoms with E-state index in [1.165, 1.54) is 49.9 Å². The van der Waals surface area contributed by atoms with Gasteiger partial charge in [-0.15, -0.1) is 0 Å². The Morgan fingerprint density at radius 2 is 0.878 bits per heavy atom. The number of benzene rings is 2. The zero-order valence-corrected chi connectivity index (χ0v) is 74.2. The van der Waals surface area contributed by atoms with Crippen molar-refractivity contribution in [1.82, 2.24) is 84.3 Å². The number of ether oxygens (including phenoxy) is 1. The van der Waals surface area contributed by atoms with Crippen LogP contribution < -0.4 is 91.6 Å². The number of Topliss-reactive ketones (excluding diaryl/α,β-unsaturated/α-hetero) is 2. The number of carboxylic acid groups (broad SMARTS) is 5. The monoisotopic (exact) mass is 1840 g/mol. The van der Waals surface area contributed by atoms with Gasteiger partial charge in [0.2, 0.25) is 76.8 Å². The van der Waals surface area contributed by atoms with Gasteiger partial charge in [0.15, 0.2) is 23.5 Å². The molecule has 3 aromatic rings. The molecule has 2 heterocycles. The molecule has 1 aromatic heterocycles. The molecule has 47 nitrogen and oxygen atoms in total. The van der Waals surface area contributed by atoms with Gasteiger partial charge in [0.1, 0.15) is 73.1 Å². The zero-order valence-electron chi connectivity index (χ0n) is 74.2. The number of aromatic amines is 1. The van der Waals surface area contributed by atoms with Crippen molar-refractivity contribution >= 4 is 141 Å². The van der Waals surface area contributed by atoms with Gasteiger partial charge in [-0.05, 0) is 133 Å². The van der Waals surface area contributed by atoms with Crippen LogP contribution in [-0.2, 0) is 109 Å².